The van der Waals surface area contributed by atoms with Crippen LogP contribution in [0, 0.1) is 0 Å². The number of ether oxygens (including phenoxy) is 1. The minimum atomic E-state index is -3.46. The molecule has 1 aromatic carbocycles. The zero-order valence-electron chi connectivity index (χ0n) is 16.3. The van der Waals surface area contributed by atoms with Gasteiger partial charge in [-0.2, -0.15) is 12.7 Å². The monoisotopic (exact) mass is 383 g/mol. The third-order valence-corrected chi connectivity index (χ3v) is 6.40. The van der Waals surface area contributed by atoms with Gasteiger partial charge in [0.15, 0.2) is 0 Å². The predicted octanol–water partition coefficient (Wildman–Crippen LogP) is 2.79. The van der Waals surface area contributed by atoms with Gasteiger partial charge in [-0.1, -0.05) is 26.0 Å². The lowest BCUT2D eigenvalue weighted by molar-refractivity contribution is 0.245. The number of benzene rings is 1. The largest absolute Gasteiger partial charge is 0.497 e. The molecule has 0 bridgehead atoms. The van der Waals surface area contributed by atoms with Gasteiger partial charge in [0, 0.05) is 25.7 Å². The summed E-state index contributed by atoms with van der Waals surface area (Å²) >= 11 is 0. The summed E-state index contributed by atoms with van der Waals surface area (Å²) in [5.41, 5.74) is 1.12. The van der Waals surface area contributed by atoms with Crippen LogP contribution in [0.15, 0.2) is 24.3 Å². The summed E-state index contributed by atoms with van der Waals surface area (Å²) in [7, 11) is -1.81. The van der Waals surface area contributed by atoms with Crippen molar-refractivity contribution in [2.45, 2.75) is 45.6 Å². The van der Waals surface area contributed by atoms with E-state index in [1.165, 1.54) is 0 Å². The fourth-order valence-electron chi connectivity index (χ4n) is 3.46. The lowest BCUT2D eigenvalue weighted by Gasteiger charge is -2.29. The molecule has 148 valence electrons. The molecule has 0 radical (unpaired) electrons. The summed E-state index contributed by atoms with van der Waals surface area (Å²) in [6, 6.07) is 7.99. The van der Waals surface area contributed by atoms with E-state index in [0.29, 0.717) is 19.6 Å². The Hall–Kier alpha value is -1.15. The highest BCUT2D eigenvalue weighted by Gasteiger charge is 2.27. The van der Waals surface area contributed by atoms with Crippen LogP contribution in [0.25, 0.3) is 0 Å². The van der Waals surface area contributed by atoms with Gasteiger partial charge in [0.1, 0.15) is 5.75 Å². The molecule has 1 heterocycles. The number of likely N-dealkylation sites (tertiary alicyclic amines) is 1. The molecule has 0 saturated carbocycles. The second kappa shape index (κ2) is 10.3. The van der Waals surface area contributed by atoms with Gasteiger partial charge < -0.3 is 4.74 Å². The molecule has 1 N–H and O–H groups in total. The van der Waals surface area contributed by atoms with Crippen LogP contribution in [-0.2, 0) is 10.2 Å². The highest BCUT2D eigenvalue weighted by atomic mass is 32.2. The van der Waals surface area contributed by atoms with E-state index in [1.54, 1.807) is 11.4 Å². The van der Waals surface area contributed by atoms with Crippen molar-refractivity contribution < 1.29 is 13.2 Å². The lowest BCUT2D eigenvalue weighted by Crippen LogP contribution is -2.45. The van der Waals surface area contributed by atoms with Gasteiger partial charge in [-0.3, -0.25) is 4.90 Å². The molecular weight excluding hydrogens is 350 g/mol. The number of hydrogen-bond donors (Lipinski definition) is 1. The van der Waals surface area contributed by atoms with Crippen LogP contribution >= 0.6 is 0 Å². The summed E-state index contributed by atoms with van der Waals surface area (Å²) in [5, 5.41) is 0. The van der Waals surface area contributed by atoms with Gasteiger partial charge >= 0.3 is 0 Å². The first-order valence-electron chi connectivity index (χ1n) is 9.64. The van der Waals surface area contributed by atoms with E-state index in [4.69, 9.17) is 4.74 Å². The molecule has 1 aliphatic heterocycles. The second-order valence-corrected chi connectivity index (χ2v) is 8.54. The zero-order valence-corrected chi connectivity index (χ0v) is 17.1. The van der Waals surface area contributed by atoms with E-state index >= 15 is 0 Å². The maximum Gasteiger partial charge on any atom is 0.279 e. The number of nitrogens with one attached hydrogen (secondary N) is 1. The van der Waals surface area contributed by atoms with Crippen molar-refractivity contribution in [3.8, 4) is 5.75 Å². The smallest absolute Gasteiger partial charge is 0.279 e. The molecule has 26 heavy (non-hydrogen) atoms. The summed E-state index contributed by atoms with van der Waals surface area (Å²) < 4.78 is 35.1. The van der Waals surface area contributed by atoms with E-state index in [9.17, 15) is 8.42 Å². The number of methoxy groups -OCH3 is 1. The summed E-state index contributed by atoms with van der Waals surface area (Å²) in [4.78, 5) is 2.37. The quantitative estimate of drug-likeness (QED) is 0.638. The topological polar surface area (TPSA) is 61.9 Å². The molecule has 1 aromatic rings. The van der Waals surface area contributed by atoms with Crippen LogP contribution in [0.4, 0.5) is 0 Å². The normalized spacial score (nSPS) is 16.9. The summed E-state index contributed by atoms with van der Waals surface area (Å²) in [6.45, 7) is 7.52. The Morgan fingerprint density at radius 1 is 1.12 bits per heavy atom. The highest BCUT2D eigenvalue weighted by molar-refractivity contribution is 7.87. The van der Waals surface area contributed by atoms with Crippen molar-refractivity contribution >= 4 is 10.2 Å². The summed E-state index contributed by atoms with van der Waals surface area (Å²) in [6.07, 6.45) is 3.96. The molecule has 7 heteroatoms. The van der Waals surface area contributed by atoms with Gasteiger partial charge in [-0.25, -0.2) is 4.72 Å². The molecule has 1 saturated heterocycles. The number of hydrogen-bond acceptors (Lipinski definition) is 4. The van der Waals surface area contributed by atoms with Crippen LogP contribution in [-0.4, -0.2) is 57.5 Å². The lowest BCUT2D eigenvalue weighted by atomic mass is 10.1. The van der Waals surface area contributed by atoms with Crippen LogP contribution in [0.1, 0.15) is 51.1 Å². The molecule has 0 aliphatic carbocycles. The minimum Gasteiger partial charge on any atom is -0.497 e. The molecule has 0 aromatic heterocycles. The Kier molecular flexibility index (Phi) is 8.34. The first kappa shape index (κ1) is 21.2. The van der Waals surface area contributed by atoms with E-state index in [1.807, 2.05) is 38.1 Å². The Bertz CT molecular complexity index is 622. The SMILES string of the molecule is CCCN(CCC)S(=O)(=O)NC[C@@H](c1ccc(OC)cc1)N1CCCC1. The molecule has 1 fully saturated rings. The average molecular weight is 384 g/mol. The van der Waals surface area contributed by atoms with Gasteiger partial charge in [0.05, 0.1) is 7.11 Å². The second-order valence-electron chi connectivity index (χ2n) is 6.78. The van der Waals surface area contributed by atoms with Gasteiger partial charge in [0.2, 0.25) is 0 Å². The molecule has 6 nitrogen and oxygen atoms in total. The Balaban J connectivity index is 2.13. The molecule has 0 unspecified atom stereocenters. The molecular formula is C19H33N3O3S. The highest BCUT2D eigenvalue weighted by Crippen LogP contribution is 2.26. The average Bonchev–Trinajstić information content (AvgIpc) is 3.16. The van der Waals surface area contributed by atoms with E-state index in [-0.39, 0.29) is 6.04 Å². The van der Waals surface area contributed by atoms with Gasteiger partial charge in [0.25, 0.3) is 10.2 Å². The molecule has 0 amide bonds. The maximum atomic E-state index is 12.7. The first-order chi connectivity index (χ1) is 12.5. The molecule has 1 atom stereocenters. The Morgan fingerprint density at radius 2 is 1.69 bits per heavy atom. The number of rotatable bonds is 11. The first-order valence-corrected chi connectivity index (χ1v) is 11.1. The van der Waals surface area contributed by atoms with Crippen LogP contribution < -0.4 is 9.46 Å². The maximum absolute atomic E-state index is 12.7. The minimum absolute atomic E-state index is 0.0447. The van der Waals surface area contributed by atoms with Crippen molar-refractivity contribution in [1.29, 1.82) is 0 Å². The zero-order chi connectivity index (χ0) is 19.0. The molecule has 2 rings (SSSR count). The van der Waals surface area contributed by atoms with Crippen molar-refractivity contribution in [3.63, 3.8) is 0 Å². The Morgan fingerprint density at radius 3 is 2.19 bits per heavy atom. The van der Waals surface area contributed by atoms with Gasteiger partial charge in [-0.15, -0.1) is 0 Å². The molecule has 1 aliphatic rings. The third kappa shape index (κ3) is 5.67. The van der Waals surface area contributed by atoms with E-state index in [0.717, 1.165) is 50.1 Å². The van der Waals surface area contributed by atoms with Crippen LogP contribution in [0.2, 0.25) is 0 Å². The fourth-order valence-corrected chi connectivity index (χ4v) is 4.86. The fraction of sp³-hybridized carbons (Fsp3) is 0.684. The van der Waals surface area contributed by atoms with E-state index < -0.39 is 10.2 Å². The molecule has 0 spiro atoms. The van der Waals surface area contributed by atoms with Crippen LogP contribution in [0.3, 0.4) is 0 Å². The van der Waals surface area contributed by atoms with Gasteiger partial charge in [-0.05, 0) is 56.5 Å². The number of nitrogens with zero attached hydrogens (tertiary/aromatic N) is 2. The van der Waals surface area contributed by atoms with Crippen molar-refractivity contribution in [1.82, 2.24) is 13.9 Å². The van der Waals surface area contributed by atoms with Crippen LogP contribution in [0.5, 0.6) is 5.75 Å². The predicted molar refractivity (Wildman–Crippen MR) is 106 cm³/mol. The standard InChI is InChI=1S/C19H33N3O3S/c1-4-12-22(13-5-2)26(23,24)20-16-19(21-14-6-7-15-21)17-8-10-18(25-3)11-9-17/h8-11,19-20H,4-7,12-16H2,1-3H3/t19-/m0/s1. The Labute approximate surface area is 158 Å². The van der Waals surface area contributed by atoms with Crippen molar-refractivity contribution in [2.24, 2.45) is 0 Å². The van der Waals surface area contributed by atoms with Crippen molar-refractivity contribution in [3.05, 3.63) is 29.8 Å². The third-order valence-electron chi connectivity index (χ3n) is 4.83. The van der Waals surface area contributed by atoms with Crippen molar-refractivity contribution in [2.75, 3.05) is 39.8 Å². The summed E-state index contributed by atoms with van der Waals surface area (Å²) in [5.74, 6) is 0.812. The van der Waals surface area contributed by atoms with E-state index in [2.05, 4.69) is 9.62 Å².